The zero-order valence-electron chi connectivity index (χ0n) is 14.8. The number of amidine groups is 1. The molecule has 0 radical (unpaired) electrons. The molecule has 1 atom stereocenters. The van der Waals surface area contributed by atoms with Crippen molar-refractivity contribution >= 4 is 63.3 Å². The maximum Gasteiger partial charge on any atom is 0.247 e. The van der Waals surface area contributed by atoms with Gasteiger partial charge in [0.05, 0.1) is 11.4 Å². The molecule has 144 valence electrons. The smallest absolute Gasteiger partial charge is 0.247 e. The number of carbonyl (C=O) groups excluding carboxylic acids is 2. The highest BCUT2D eigenvalue weighted by Gasteiger charge is 2.40. The van der Waals surface area contributed by atoms with Gasteiger partial charge in [-0.2, -0.15) is 5.10 Å². The third-order valence-electron chi connectivity index (χ3n) is 4.01. The van der Waals surface area contributed by atoms with Crippen LogP contribution < -0.4 is 10.6 Å². The van der Waals surface area contributed by atoms with Crippen LogP contribution >= 0.6 is 35.0 Å². The van der Waals surface area contributed by atoms with Crippen LogP contribution in [0.4, 0.5) is 5.69 Å². The van der Waals surface area contributed by atoms with Gasteiger partial charge in [-0.05, 0) is 48.9 Å². The van der Waals surface area contributed by atoms with Gasteiger partial charge in [0.25, 0.3) is 0 Å². The van der Waals surface area contributed by atoms with E-state index in [0.29, 0.717) is 21.4 Å². The van der Waals surface area contributed by atoms with Crippen LogP contribution in [0.15, 0.2) is 58.7 Å². The second kappa shape index (κ2) is 8.77. The number of thioether (sulfide) groups is 1. The average Bonchev–Trinajstić information content (AvgIpc) is 2.94. The molecule has 0 saturated carbocycles. The van der Waals surface area contributed by atoms with E-state index in [4.69, 9.17) is 28.9 Å². The number of benzene rings is 2. The molecule has 1 fully saturated rings. The van der Waals surface area contributed by atoms with E-state index in [0.717, 1.165) is 22.2 Å². The van der Waals surface area contributed by atoms with Crippen molar-refractivity contribution in [1.29, 1.82) is 0 Å². The fraction of sp³-hybridized carbons (Fsp3) is 0.158. The number of amides is 2. The van der Waals surface area contributed by atoms with Gasteiger partial charge < -0.3 is 5.73 Å². The van der Waals surface area contributed by atoms with Gasteiger partial charge in [0.1, 0.15) is 5.25 Å². The number of hydrogen-bond donors (Lipinski definition) is 1. The summed E-state index contributed by atoms with van der Waals surface area (Å²) in [7, 11) is 0. The van der Waals surface area contributed by atoms with Gasteiger partial charge in [-0.25, -0.2) is 4.90 Å². The molecule has 0 aliphatic carbocycles. The van der Waals surface area contributed by atoms with E-state index in [-0.39, 0.29) is 23.4 Å². The van der Waals surface area contributed by atoms with Crippen molar-refractivity contribution in [2.45, 2.75) is 18.6 Å². The summed E-state index contributed by atoms with van der Waals surface area (Å²) in [5, 5.41) is 8.68. The molecule has 2 N–H and O–H groups in total. The molecule has 2 aromatic carbocycles. The predicted octanol–water partition coefficient (Wildman–Crippen LogP) is 4.10. The number of hydrogen-bond acceptors (Lipinski definition) is 5. The molecule has 0 bridgehead atoms. The number of carbonyl (C=O) groups is 2. The van der Waals surface area contributed by atoms with E-state index >= 15 is 0 Å². The van der Waals surface area contributed by atoms with Gasteiger partial charge in [0, 0.05) is 16.5 Å². The molecule has 1 aliphatic rings. The van der Waals surface area contributed by atoms with Crippen molar-refractivity contribution in [3.05, 3.63) is 64.1 Å². The topological polar surface area (TPSA) is 88.1 Å². The highest BCUT2D eigenvalue weighted by Crippen LogP contribution is 2.30. The Labute approximate surface area is 176 Å². The van der Waals surface area contributed by atoms with E-state index in [1.807, 2.05) is 12.1 Å². The maximum atomic E-state index is 12.6. The third-order valence-corrected chi connectivity index (χ3v) is 5.49. The Balaban J connectivity index is 1.69. The van der Waals surface area contributed by atoms with Gasteiger partial charge in [0.2, 0.25) is 11.8 Å². The molecule has 1 unspecified atom stereocenters. The summed E-state index contributed by atoms with van der Waals surface area (Å²) in [4.78, 5) is 26.0. The number of anilines is 1. The van der Waals surface area contributed by atoms with Crippen molar-refractivity contribution in [2.75, 3.05) is 4.90 Å². The van der Waals surface area contributed by atoms with Crippen LogP contribution in [0.2, 0.25) is 10.0 Å². The predicted molar refractivity (Wildman–Crippen MR) is 115 cm³/mol. The van der Waals surface area contributed by atoms with Crippen LogP contribution in [0.5, 0.6) is 0 Å². The Kier molecular flexibility index (Phi) is 6.39. The minimum absolute atomic E-state index is 0.0439. The molecule has 28 heavy (non-hydrogen) atoms. The SMILES string of the molecule is C/C(=N\N=C(N)SC1CC(=O)N(c2ccc(Cl)cc2)C1=O)c1ccc(Cl)cc1. The minimum Gasteiger partial charge on any atom is -0.377 e. The highest BCUT2D eigenvalue weighted by molar-refractivity contribution is 8.14. The molecule has 1 saturated heterocycles. The molecule has 6 nitrogen and oxygen atoms in total. The van der Waals surface area contributed by atoms with Gasteiger partial charge in [0.15, 0.2) is 5.17 Å². The van der Waals surface area contributed by atoms with Crippen LogP contribution in [-0.2, 0) is 9.59 Å². The summed E-state index contributed by atoms with van der Waals surface area (Å²) in [6, 6.07) is 13.7. The number of imide groups is 1. The van der Waals surface area contributed by atoms with Crippen LogP contribution in [0.1, 0.15) is 18.9 Å². The molecule has 9 heteroatoms. The Morgan fingerprint density at radius 3 is 2.21 bits per heavy atom. The fourth-order valence-corrected chi connectivity index (χ4v) is 3.66. The first kappa shape index (κ1) is 20.4. The number of rotatable bonds is 4. The fourth-order valence-electron chi connectivity index (χ4n) is 2.60. The second-order valence-electron chi connectivity index (χ2n) is 5.98. The van der Waals surface area contributed by atoms with E-state index in [2.05, 4.69) is 10.2 Å². The maximum absolute atomic E-state index is 12.6. The van der Waals surface area contributed by atoms with Crippen molar-refractivity contribution in [3.63, 3.8) is 0 Å². The van der Waals surface area contributed by atoms with Gasteiger partial charge in [-0.3, -0.25) is 9.59 Å². The number of halogens is 2. The first-order chi connectivity index (χ1) is 13.3. The molecular weight excluding hydrogens is 419 g/mol. The van der Waals surface area contributed by atoms with Crippen LogP contribution in [0, 0.1) is 0 Å². The average molecular weight is 435 g/mol. The first-order valence-corrected chi connectivity index (χ1v) is 9.91. The Morgan fingerprint density at radius 2 is 1.61 bits per heavy atom. The summed E-state index contributed by atoms with van der Waals surface area (Å²) in [5.41, 5.74) is 7.89. The first-order valence-electron chi connectivity index (χ1n) is 8.28. The lowest BCUT2D eigenvalue weighted by atomic mass is 10.1. The number of nitrogens with zero attached hydrogens (tertiary/aromatic N) is 3. The molecule has 0 aromatic heterocycles. The van der Waals surface area contributed by atoms with Crippen LogP contribution in [0.25, 0.3) is 0 Å². The van der Waals surface area contributed by atoms with Crippen molar-refractivity contribution in [3.8, 4) is 0 Å². The molecule has 1 heterocycles. The summed E-state index contributed by atoms with van der Waals surface area (Å²) >= 11 is 12.7. The van der Waals surface area contributed by atoms with Crippen molar-refractivity contribution in [1.82, 2.24) is 0 Å². The van der Waals surface area contributed by atoms with E-state index < -0.39 is 5.25 Å². The molecular formula is C19H16Cl2N4O2S. The third kappa shape index (κ3) is 4.73. The van der Waals surface area contributed by atoms with E-state index in [9.17, 15) is 9.59 Å². The van der Waals surface area contributed by atoms with Crippen molar-refractivity contribution < 1.29 is 9.59 Å². The number of nitrogens with two attached hydrogens (primary N) is 1. The highest BCUT2D eigenvalue weighted by atomic mass is 35.5. The Bertz CT molecular complexity index is 959. The van der Waals surface area contributed by atoms with Crippen molar-refractivity contribution in [2.24, 2.45) is 15.9 Å². The largest absolute Gasteiger partial charge is 0.377 e. The standard InChI is InChI=1S/C19H16Cl2N4O2S/c1-11(12-2-4-13(20)5-3-12)23-24-19(22)28-16-10-17(26)25(18(16)27)15-8-6-14(21)7-9-15/h2-9,16H,10H2,1H3,(H2,22,24)/b23-11+. The van der Waals surface area contributed by atoms with E-state index in [1.165, 1.54) is 0 Å². The zero-order valence-corrected chi connectivity index (χ0v) is 17.1. The quantitative estimate of drug-likeness (QED) is 0.339. The van der Waals surface area contributed by atoms with Gasteiger partial charge in [-0.1, -0.05) is 47.1 Å². The van der Waals surface area contributed by atoms with Crippen LogP contribution in [-0.4, -0.2) is 27.9 Å². The molecule has 3 rings (SSSR count). The van der Waals surface area contributed by atoms with Gasteiger partial charge in [-0.15, -0.1) is 5.10 Å². The summed E-state index contributed by atoms with van der Waals surface area (Å²) in [6.45, 7) is 1.79. The van der Waals surface area contributed by atoms with E-state index in [1.54, 1.807) is 43.3 Å². The van der Waals surface area contributed by atoms with Crippen LogP contribution in [0.3, 0.4) is 0 Å². The normalized spacial score (nSPS) is 18.1. The zero-order chi connectivity index (χ0) is 20.3. The lowest BCUT2D eigenvalue weighted by Gasteiger charge is -2.14. The second-order valence-corrected chi connectivity index (χ2v) is 8.08. The summed E-state index contributed by atoms with van der Waals surface area (Å²) < 4.78 is 0. The molecule has 1 aliphatic heterocycles. The lowest BCUT2D eigenvalue weighted by Crippen LogP contribution is -2.31. The Morgan fingerprint density at radius 1 is 1.04 bits per heavy atom. The molecule has 2 aromatic rings. The lowest BCUT2D eigenvalue weighted by molar-refractivity contribution is -0.121. The molecule has 0 spiro atoms. The Hall–Kier alpha value is -2.35. The van der Waals surface area contributed by atoms with Gasteiger partial charge >= 0.3 is 0 Å². The summed E-state index contributed by atoms with van der Waals surface area (Å²) in [5.74, 6) is -0.632. The monoisotopic (exact) mass is 434 g/mol. The molecule has 2 amide bonds. The summed E-state index contributed by atoms with van der Waals surface area (Å²) in [6.07, 6.45) is 0.0439. The minimum atomic E-state index is -0.641.